The van der Waals surface area contributed by atoms with Crippen molar-refractivity contribution in [2.45, 2.75) is 38.6 Å². The first-order valence-electron chi connectivity index (χ1n) is 7.36. The largest absolute Gasteiger partial charge is 0.335 e. The van der Waals surface area contributed by atoms with Crippen LogP contribution in [0.5, 0.6) is 0 Å². The van der Waals surface area contributed by atoms with E-state index in [4.69, 9.17) is 0 Å². The van der Waals surface area contributed by atoms with Crippen molar-refractivity contribution in [1.29, 1.82) is 0 Å². The summed E-state index contributed by atoms with van der Waals surface area (Å²) in [6.45, 7) is 5.06. The summed E-state index contributed by atoms with van der Waals surface area (Å²) in [5.41, 5.74) is 0. The summed E-state index contributed by atoms with van der Waals surface area (Å²) >= 11 is 0. The van der Waals surface area contributed by atoms with E-state index in [1.165, 1.54) is 6.42 Å². The smallest absolute Gasteiger partial charge is 0.312 e. The van der Waals surface area contributed by atoms with E-state index in [2.05, 4.69) is 12.2 Å². The van der Waals surface area contributed by atoms with Crippen molar-refractivity contribution in [3.63, 3.8) is 0 Å². The van der Waals surface area contributed by atoms with E-state index in [0.717, 1.165) is 32.4 Å². The molecule has 0 aromatic carbocycles. The number of hydrogen-bond acceptors (Lipinski definition) is 3. The van der Waals surface area contributed by atoms with Gasteiger partial charge in [-0.05, 0) is 18.8 Å². The molecule has 2 unspecified atom stereocenters. The maximum atomic E-state index is 12.3. The van der Waals surface area contributed by atoms with Gasteiger partial charge < -0.3 is 15.1 Å². The molecule has 0 radical (unpaired) electrons. The van der Waals surface area contributed by atoms with Gasteiger partial charge in [-0.25, -0.2) is 0 Å². The van der Waals surface area contributed by atoms with Crippen molar-refractivity contribution in [3.05, 3.63) is 0 Å². The van der Waals surface area contributed by atoms with Crippen molar-refractivity contribution >= 4 is 11.8 Å². The molecule has 5 heteroatoms. The quantitative estimate of drug-likeness (QED) is 0.702. The van der Waals surface area contributed by atoms with Crippen LogP contribution in [0.2, 0.25) is 0 Å². The van der Waals surface area contributed by atoms with E-state index in [9.17, 15) is 9.59 Å². The van der Waals surface area contributed by atoms with Gasteiger partial charge in [0.05, 0.1) is 0 Å². The van der Waals surface area contributed by atoms with Crippen molar-refractivity contribution in [2.24, 2.45) is 5.92 Å². The Labute approximate surface area is 115 Å². The topological polar surface area (TPSA) is 52.7 Å². The van der Waals surface area contributed by atoms with Crippen LogP contribution in [-0.4, -0.2) is 60.9 Å². The van der Waals surface area contributed by atoms with Gasteiger partial charge in [-0.3, -0.25) is 9.59 Å². The Balaban J connectivity index is 1.91. The number of likely N-dealkylation sites (N-methyl/N-ethyl adjacent to an activating group) is 1. The van der Waals surface area contributed by atoms with Gasteiger partial charge >= 0.3 is 11.8 Å². The number of piperazine rings is 1. The van der Waals surface area contributed by atoms with Crippen molar-refractivity contribution in [3.8, 4) is 0 Å². The predicted octanol–water partition coefficient (Wildman–Crippen LogP) is 0.455. The van der Waals surface area contributed by atoms with Crippen LogP contribution < -0.4 is 5.32 Å². The zero-order valence-corrected chi connectivity index (χ0v) is 12.0. The average molecular weight is 267 g/mol. The Morgan fingerprint density at radius 1 is 1.21 bits per heavy atom. The zero-order chi connectivity index (χ0) is 13.8. The molecule has 1 saturated carbocycles. The summed E-state index contributed by atoms with van der Waals surface area (Å²) in [6, 6.07) is 0.239. The molecule has 1 heterocycles. The molecular weight excluding hydrogens is 242 g/mol. The van der Waals surface area contributed by atoms with Gasteiger partial charge in [0.15, 0.2) is 0 Å². The van der Waals surface area contributed by atoms with Gasteiger partial charge in [-0.1, -0.05) is 19.8 Å². The van der Waals surface area contributed by atoms with E-state index < -0.39 is 0 Å². The predicted molar refractivity (Wildman–Crippen MR) is 73.6 cm³/mol. The molecular formula is C14H25N3O2. The highest BCUT2D eigenvalue weighted by Gasteiger charge is 2.31. The number of nitrogens with one attached hydrogen (secondary N) is 1. The van der Waals surface area contributed by atoms with E-state index in [1.54, 1.807) is 16.8 Å². The van der Waals surface area contributed by atoms with E-state index in [-0.39, 0.29) is 17.9 Å². The standard InChI is InChI=1S/C14H25N3O2/c1-11-4-3-5-12(10-11)16(2)13(18)14(19)17-8-6-15-7-9-17/h11-12,15H,3-10H2,1-2H3. The van der Waals surface area contributed by atoms with Crippen molar-refractivity contribution in [2.75, 3.05) is 33.2 Å². The second-order valence-corrected chi connectivity index (χ2v) is 5.88. The van der Waals surface area contributed by atoms with Crippen LogP contribution in [-0.2, 0) is 9.59 Å². The number of rotatable bonds is 1. The zero-order valence-electron chi connectivity index (χ0n) is 12.0. The minimum Gasteiger partial charge on any atom is -0.335 e. The molecule has 0 bridgehead atoms. The minimum absolute atomic E-state index is 0.239. The van der Waals surface area contributed by atoms with Crippen LogP contribution >= 0.6 is 0 Å². The van der Waals surface area contributed by atoms with Crippen molar-refractivity contribution < 1.29 is 9.59 Å². The first kappa shape index (κ1) is 14.3. The van der Waals surface area contributed by atoms with E-state index in [1.807, 2.05) is 0 Å². The number of carbonyl (C=O) groups is 2. The summed E-state index contributed by atoms with van der Waals surface area (Å²) in [7, 11) is 1.78. The molecule has 108 valence electrons. The SMILES string of the molecule is CC1CCCC(N(C)C(=O)C(=O)N2CCNCC2)C1. The Morgan fingerprint density at radius 3 is 2.53 bits per heavy atom. The maximum Gasteiger partial charge on any atom is 0.312 e. The summed E-state index contributed by atoms with van der Waals surface area (Å²) in [4.78, 5) is 27.8. The fourth-order valence-electron chi connectivity index (χ4n) is 3.07. The third-order valence-corrected chi connectivity index (χ3v) is 4.36. The molecule has 1 aliphatic heterocycles. The molecule has 0 aromatic heterocycles. The third kappa shape index (κ3) is 3.47. The molecule has 2 aliphatic rings. The Hall–Kier alpha value is -1.10. The molecule has 19 heavy (non-hydrogen) atoms. The molecule has 1 aliphatic carbocycles. The van der Waals surface area contributed by atoms with Gasteiger partial charge in [-0.2, -0.15) is 0 Å². The third-order valence-electron chi connectivity index (χ3n) is 4.36. The van der Waals surface area contributed by atoms with Gasteiger partial charge in [0.2, 0.25) is 0 Å². The lowest BCUT2D eigenvalue weighted by atomic mass is 9.86. The number of hydrogen-bond donors (Lipinski definition) is 1. The highest BCUT2D eigenvalue weighted by atomic mass is 16.2. The monoisotopic (exact) mass is 267 g/mol. The highest BCUT2D eigenvalue weighted by molar-refractivity contribution is 6.34. The summed E-state index contributed by atoms with van der Waals surface area (Å²) in [5, 5.41) is 3.19. The van der Waals surface area contributed by atoms with Crippen LogP contribution in [0.3, 0.4) is 0 Å². The normalized spacial score (nSPS) is 28.0. The van der Waals surface area contributed by atoms with Gasteiger partial charge in [0.25, 0.3) is 0 Å². The van der Waals surface area contributed by atoms with Crippen LogP contribution in [0.1, 0.15) is 32.6 Å². The number of amides is 2. The molecule has 1 N–H and O–H groups in total. The average Bonchev–Trinajstić information content (AvgIpc) is 2.46. The van der Waals surface area contributed by atoms with Crippen molar-refractivity contribution in [1.82, 2.24) is 15.1 Å². The Bertz CT molecular complexity index is 340. The summed E-state index contributed by atoms with van der Waals surface area (Å²) in [6.07, 6.45) is 4.45. The summed E-state index contributed by atoms with van der Waals surface area (Å²) < 4.78 is 0. The molecule has 2 amide bonds. The van der Waals surface area contributed by atoms with Gasteiger partial charge in [0.1, 0.15) is 0 Å². The molecule has 5 nitrogen and oxygen atoms in total. The van der Waals surface area contributed by atoms with Gasteiger partial charge in [0, 0.05) is 39.3 Å². The molecule has 2 fully saturated rings. The fourth-order valence-corrected chi connectivity index (χ4v) is 3.07. The second-order valence-electron chi connectivity index (χ2n) is 5.88. The second kappa shape index (κ2) is 6.37. The fraction of sp³-hybridized carbons (Fsp3) is 0.857. The lowest BCUT2D eigenvalue weighted by molar-refractivity contribution is -0.153. The highest BCUT2D eigenvalue weighted by Crippen LogP contribution is 2.26. The van der Waals surface area contributed by atoms with Gasteiger partial charge in [-0.15, -0.1) is 0 Å². The molecule has 1 saturated heterocycles. The van der Waals surface area contributed by atoms with Crippen LogP contribution in [0.15, 0.2) is 0 Å². The Kier molecular flexibility index (Phi) is 4.80. The maximum absolute atomic E-state index is 12.3. The minimum atomic E-state index is -0.332. The van der Waals surface area contributed by atoms with Crippen LogP contribution in [0, 0.1) is 5.92 Å². The lowest BCUT2D eigenvalue weighted by Crippen LogP contribution is -2.53. The lowest BCUT2D eigenvalue weighted by Gasteiger charge is -2.35. The molecule has 0 aromatic rings. The first-order valence-corrected chi connectivity index (χ1v) is 7.36. The first-order chi connectivity index (χ1) is 9.09. The molecule has 0 spiro atoms. The molecule has 2 rings (SSSR count). The van der Waals surface area contributed by atoms with Crippen LogP contribution in [0.25, 0.3) is 0 Å². The van der Waals surface area contributed by atoms with Crippen LogP contribution in [0.4, 0.5) is 0 Å². The van der Waals surface area contributed by atoms with E-state index >= 15 is 0 Å². The summed E-state index contributed by atoms with van der Waals surface area (Å²) in [5.74, 6) is -0.00786. The number of carbonyl (C=O) groups excluding carboxylic acids is 2. The number of nitrogens with zero attached hydrogens (tertiary/aromatic N) is 2. The van der Waals surface area contributed by atoms with E-state index in [0.29, 0.717) is 19.0 Å². The molecule has 2 atom stereocenters. The Morgan fingerprint density at radius 2 is 1.89 bits per heavy atom.